The van der Waals surface area contributed by atoms with E-state index in [-0.39, 0.29) is 5.91 Å². The predicted octanol–water partition coefficient (Wildman–Crippen LogP) is 3.83. The van der Waals surface area contributed by atoms with E-state index in [1.54, 1.807) is 55.5 Å². The number of carbonyl (C=O) groups excluding carboxylic acids is 2. The lowest BCUT2D eigenvalue weighted by Crippen LogP contribution is -2.13. The topological polar surface area (TPSA) is 46.2 Å². The normalized spacial score (nSPS) is 9.70. The second-order valence-corrected chi connectivity index (χ2v) is 4.67. The summed E-state index contributed by atoms with van der Waals surface area (Å²) in [6, 6.07) is 13.7. The zero-order chi connectivity index (χ0) is 14.5. The molecule has 20 heavy (non-hydrogen) atoms. The maximum Gasteiger partial charge on any atom is 0.256 e. The Bertz CT molecular complexity index is 686. The third kappa shape index (κ3) is 3.15. The van der Waals surface area contributed by atoms with Crippen molar-refractivity contribution in [3.05, 3.63) is 64.7 Å². The summed E-state index contributed by atoms with van der Waals surface area (Å²) < 4.78 is 0. The summed E-state index contributed by atoms with van der Waals surface area (Å²) in [5, 5.41) is 3.36. The summed E-state index contributed by atoms with van der Waals surface area (Å²) in [7, 11) is 0. The lowest BCUT2D eigenvalue weighted by Gasteiger charge is -2.09. The number of amides is 1. The number of halogens is 1. The van der Waals surface area contributed by atoms with Crippen LogP contribution in [-0.2, 0) is 4.79 Å². The minimum Gasteiger partial charge on any atom is -0.322 e. The second kappa shape index (κ2) is 6.20. The average molecular weight is 286 g/mol. The van der Waals surface area contributed by atoms with E-state index in [1.807, 2.05) is 5.94 Å². The summed E-state index contributed by atoms with van der Waals surface area (Å²) >= 11 is 5.79. The molecular weight excluding hydrogens is 274 g/mol. The van der Waals surface area contributed by atoms with Gasteiger partial charge < -0.3 is 5.32 Å². The van der Waals surface area contributed by atoms with Crippen LogP contribution in [0.25, 0.3) is 5.57 Å². The van der Waals surface area contributed by atoms with Crippen molar-refractivity contribution in [1.82, 2.24) is 0 Å². The molecule has 0 aliphatic carbocycles. The molecule has 1 N–H and O–H groups in total. The highest BCUT2D eigenvalue weighted by Gasteiger charge is 2.12. The van der Waals surface area contributed by atoms with Gasteiger partial charge in [0.25, 0.3) is 5.91 Å². The van der Waals surface area contributed by atoms with E-state index >= 15 is 0 Å². The van der Waals surface area contributed by atoms with Gasteiger partial charge in [0, 0.05) is 27.4 Å². The monoisotopic (exact) mass is 285 g/mol. The summed E-state index contributed by atoms with van der Waals surface area (Å²) in [5.74, 6) is 1.54. The second-order valence-electron chi connectivity index (χ2n) is 4.23. The van der Waals surface area contributed by atoms with Crippen molar-refractivity contribution in [3.63, 3.8) is 0 Å². The molecule has 3 nitrogen and oxygen atoms in total. The van der Waals surface area contributed by atoms with Crippen LogP contribution >= 0.6 is 11.6 Å². The van der Waals surface area contributed by atoms with Crippen LogP contribution in [0.15, 0.2) is 48.5 Å². The van der Waals surface area contributed by atoms with E-state index in [1.165, 1.54) is 0 Å². The quantitative estimate of drug-likeness (QED) is 0.871. The number of anilines is 1. The van der Waals surface area contributed by atoms with Gasteiger partial charge in [-0.25, -0.2) is 4.79 Å². The van der Waals surface area contributed by atoms with Crippen molar-refractivity contribution in [1.29, 1.82) is 0 Å². The minimum atomic E-state index is -0.280. The molecule has 2 aromatic carbocycles. The molecular formula is C16H12ClNO2. The fourth-order valence-electron chi connectivity index (χ4n) is 1.79. The fraction of sp³-hybridized carbons (Fsp3) is 0.0625. The Morgan fingerprint density at radius 3 is 2.25 bits per heavy atom. The zero-order valence-corrected chi connectivity index (χ0v) is 11.6. The third-order valence-corrected chi connectivity index (χ3v) is 3.08. The molecule has 2 rings (SSSR count). The van der Waals surface area contributed by atoms with Gasteiger partial charge in [-0.1, -0.05) is 29.8 Å². The summed E-state index contributed by atoms with van der Waals surface area (Å²) in [5.41, 5.74) is 2.05. The van der Waals surface area contributed by atoms with Crippen LogP contribution in [0.1, 0.15) is 22.8 Å². The van der Waals surface area contributed by atoms with E-state index in [2.05, 4.69) is 5.32 Å². The van der Waals surface area contributed by atoms with Crippen molar-refractivity contribution in [2.24, 2.45) is 0 Å². The molecule has 0 fully saturated rings. The fourth-order valence-corrected chi connectivity index (χ4v) is 1.92. The summed E-state index contributed by atoms with van der Waals surface area (Å²) in [4.78, 5) is 23.0. The van der Waals surface area contributed by atoms with Gasteiger partial charge >= 0.3 is 0 Å². The molecule has 0 aliphatic rings. The van der Waals surface area contributed by atoms with E-state index in [0.29, 0.717) is 27.4 Å². The number of hydrogen-bond donors (Lipinski definition) is 1. The van der Waals surface area contributed by atoms with Crippen LogP contribution < -0.4 is 5.32 Å². The minimum absolute atomic E-state index is 0.280. The van der Waals surface area contributed by atoms with Gasteiger partial charge in [0.2, 0.25) is 0 Å². The van der Waals surface area contributed by atoms with Gasteiger partial charge in [0.05, 0.1) is 0 Å². The zero-order valence-electron chi connectivity index (χ0n) is 10.8. The van der Waals surface area contributed by atoms with Crippen LogP contribution in [0.5, 0.6) is 0 Å². The van der Waals surface area contributed by atoms with E-state index in [4.69, 9.17) is 11.6 Å². The Kier molecular flexibility index (Phi) is 4.36. The van der Waals surface area contributed by atoms with Gasteiger partial charge in [0.15, 0.2) is 0 Å². The van der Waals surface area contributed by atoms with Crippen LogP contribution in [0.3, 0.4) is 0 Å². The Balaban J connectivity index is 2.30. The van der Waals surface area contributed by atoms with Crippen LogP contribution in [-0.4, -0.2) is 11.8 Å². The van der Waals surface area contributed by atoms with Crippen molar-refractivity contribution in [3.8, 4) is 0 Å². The van der Waals surface area contributed by atoms with Gasteiger partial charge in [-0.3, -0.25) is 4.79 Å². The first-order valence-electron chi connectivity index (χ1n) is 6.00. The van der Waals surface area contributed by atoms with Crippen LogP contribution in [0.2, 0.25) is 5.02 Å². The molecule has 100 valence electrons. The number of rotatable bonds is 3. The van der Waals surface area contributed by atoms with Crippen molar-refractivity contribution >= 4 is 34.7 Å². The number of carbonyl (C=O) groups is 1. The highest BCUT2D eigenvalue weighted by atomic mass is 35.5. The Hall–Kier alpha value is -2.35. The molecule has 0 atom stereocenters. The SMILES string of the molecule is CC(=C=O)c1ccccc1C(=O)Nc1ccc(Cl)cc1. The number of benzene rings is 2. The van der Waals surface area contributed by atoms with Crippen LogP contribution in [0.4, 0.5) is 5.69 Å². The molecule has 2 aromatic rings. The molecule has 0 spiro atoms. The number of allylic oxidation sites excluding steroid dienone is 1. The predicted molar refractivity (Wildman–Crippen MR) is 80.6 cm³/mol. The number of nitrogens with one attached hydrogen (secondary N) is 1. The highest BCUT2D eigenvalue weighted by molar-refractivity contribution is 6.30. The average Bonchev–Trinajstić information content (AvgIpc) is 2.48. The molecule has 0 saturated carbocycles. The molecule has 0 heterocycles. The highest BCUT2D eigenvalue weighted by Crippen LogP contribution is 2.19. The number of hydrogen-bond acceptors (Lipinski definition) is 2. The Morgan fingerprint density at radius 2 is 1.65 bits per heavy atom. The Labute approximate surface area is 121 Å². The van der Waals surface area contributed by atoms with E-state index in [9.17, 15) is 9.59 Å². The van der Waals surface area contributed by atoms with Crippen molar-refractivity contribution < 1.29 is 9.59 Å². The molecule has 0 unspecified atom stereocenters. The maximum absolute atomic E-state index is 12.3. The molecule has 4 heteroatoms. The largest absolute Gasteiger partial charge is 0.322 e. The molecule has 0 saturated heterocycles. The molecule has 0 aromatic heterocycles. The smallest absolute Gasteiger partial charge is 0.256 e. The first-order chi connectivity index (χ1) is 9.61. The first-order valence-corrected chi connectivity index (χ1v) is 6.37. The molecule has 0 radical (unpaired) electrons. The van der Waals surface area contributed by atoms with Gasteiger partial charge in [-0.2, -0.15) is 0 Å². The van der Waals surface area contributed by atoms with Crippen LogP contribution in [0, 0.1) is 0 Å². The van der Waals surface area contributed by atoms with Gasteiger partial charge in [0.1, 0.15) is 5.94 Å². The maximum atomic E-state index is 12.3. The standard InChI is InChI=1S/C16H12ClNO2/c1-11(10-19)14-4-2-3-5-15(14)16(20)18-13-8-6-12(17)7-9-13/h2-9H,1H3,(H,18,20). The van der Waals surface area contributed by atoms with Crippen molar-refractivity contribution in [2.75, 3.05) is 5.32 Å². The van der Waals surface area contributed by atoms with Gasteiger partial charge in [-0.15, -0.1) is 0 Å². The first kappa shape index (κ1) is 14.1. The Morgan fingerprint density at radius 1 is 1.05 bits per heavy atom. The molecule has 0 bridgehead atoms. The lowest BCUT2D eigenvalue weighted by molar-refractivity contribution is 0.102. The molecule has 1 amide bonds. The third-order valence-electron chi connectivity index (χ3n) is 2.83. The summed E-state index contributed by atoms with van der Waals surface area (Å²) in [6.07, 6.45) is 0. The lowest BCUT2D eigenvalue weighted by atomic mass is 10.0. The van der Waals surface area contributed by atoms with E-state index < -0.39 is 0 Å². The van der Waals surface area contributed by atoms with Crippen molar-refractivity contribution in [2.45, 2.75) is 6.92 Å². The van der Waals surface area contributed by atoms with E-state index in [0.717, 1.165) is 0 Å². The van der Waals surface area contributed by atoms with Gasteiger partial charge in [-0.05, 0) is 37.3 Å². The molecule has 0 aliphatic heterocycles. The summed E-state index contributed by atoms with van der Waals surface area (Å²) in [6.45, 7) is 1.63.